The standard InChI is InChI=1S/C26H29ClN4O2/c1-17-6-5-7-18(2)31(17)15-14-25(32)29-30-26(33)22-16-24(19-10-12-20(27)13-11-19)28-23-9-4-3-8-21(22)23/h3-4,8-13,16-18H,5-7,14-15H2,1-2H3,(H,29,32)(H,30,33)/t17-,18-/m0/s1. The number of para-hydroxylation sites is 1. The molecule has 1 aromatic heterocycles. The number of aromatic nitrogens is 1. The minimum absolute atomic E-state index is 0.204. The van der Waals surface area contributed by atoms with E-state index in [0.717, 1.165) is 23.8 Å². The summed E-state index contributed by atoms with van der Waals surface area (Å²) in [5.41, 5.74) is 7.83. The predicted molar refractivity (Wildman–Crippen MR) is 132 cm³/mol. The molecule has 0 bridgehead atoms. The van der Waals surface area contributed by atoms with Crippen LogP contribution >= 0.6 is 11.6 Å². The van der Waals surface area contributed by atoms with Gasteiger partial charge in [0.1, 0.15) is 0 Å². The first-order valence-corrected chi connectivity index (χ1v) is 11.8. The topological polar surface area (TPSA) is 74.3 Å². The smallest absolute Gasteiger partial charge is 0.270 e. The highest BCUT2D eigenvalue weighted by Gasteiger charge is 2.24. The lowest BCUT2D eigenvalue weighted by molar-refractivity contribution is -0.122. The molecule has 1 saturated heterocycles. The molecule has 2 atom stereocenters. The van der Waals surface area contributed by atoms with E-state index < -0.39 is 0 Å². The van der Waals surface area contributed by atoms with Gasteiger partial charge in [-0.2, -0.15) is 0 Å². The monoisotopic (exact) mass is 464 g/mol. The number of hydrogen-bond donors (Lipinski definition) is 2. The Morgan fingerprint density at radius 1 is 1.03 bits per heavy atom. The highest BCUT2D eigenvalue weighted by atomic mass is 35.5. The molecule has 3 aromatic rings. The first kappa shape index (κ1) is 23.2. The van der Waals surface area contributed by atoms with Crippen molar-refractivity contribution in [3.63, 3.8) is 0 Å². The molecule has 6 nitrogen and oxygen atoms in total. The Labute approximate surface area is 199 Å². The normalized spacial score (nSPS) is 18.8. The van der Waals surface area contributed by atoms with Crippen LogP contribution in [0.3, 0.4) is 0 Å². The third-order valence-electron chi connectivity index (χ3n) is 6.39. The Balaban J connectivity index is 1.46. The average molecular weight is 465 g/mol. The Bertz CT molecular complexity index is 1140. The molecule has 2 N–H and O–H groups in total. The van der Waals surface area contributed by atoms with Crippen LogP contribution in [0, 0.1) is 0 Å². The van der Waals surface area contributed by atoms with Crippen LogP contribution in [-0.2, 0) is 4.79 Å². The zero-order chi connectivity index (χ0) is 23.4. The zero-order valence-electron chi connectivity index (χ0n) is 19.0. The van der Waals surface area contributed by atoms with Crippen LogP contribution in [-0.4, -0.2) is 40.3 Å². The van der Waals surface area contributed by atoms with Gasteiger partial charge in [-0.05, 0) is 51.0 Å². The van der Waals surface area contributed by atoms with Crippen LogP contribution in [0.25, 0.3) is 22.2 Å². The van der Waals surface area contributed by atoms with E-state index in [0.29, 0.717) is 46.8 Å². The molecule has 0 spiro atoms. The fourth-order valence-electron chi connectivity index (χ4n) is 4.53. The summed E-state index contributed by atoms with van der Waals surface area (Å²) in [6.45, 7) is 5.10. The third kappa shape index (κ3) is 5.52. The summed E-state index contributed by atoms with van der Waals surface area (Å²) in [5.74, 6) is -0.582. The number of nitrogens with one attached hydrogen (secondary N) is 2. The van der Waals surface area contributed by atoms with Gasteiger partial charge < -0.3 is 0 Å². The number of nitrogens with zero attached hydrogens (tertiary/aromatic N) is 2. The van der Waals surface area contributed by atoms with Gasteiger partial charge in [0.05, 0.1) is 16.8 Å². The van der Waals surface area contributed by atoms with Crippen molar-refractivity contribution in [2.24, 2.45) is 0 Å². The number of fused-ring (bicyclic) bond motifs is 1. The largest absolute Gasteiger partial charge is 0.297 e. The first-order valence-electron chi connectivity index (χ1n) is 11.4. The van der Waals surface area contributed by atoms with E-state index in [1.807, 2.05) is 36.4 Å². The summed E-state index contributed by atoms with van der Waals surface area (Å²) < 4.78 is 0. The molecule has 1 fully saturated rings. The molecular formula is C26H29ClN4O2. The van der Waals surface area contributed by atoms with Crippen LogP contribution in [0.15, 0.2) is 54.6 Å². The minimum atomic E-state index is -0.378. The van der Waals surface area contributed by atoms with Crippen molar-refractivity contribution in [2.45, 2.75) is 51.6 Å². The second-order valence-electron chi connectivity index (χ2n) is 8.70. The number of amides is 2. The number of carbonyl (C=O) groups is 2. The van der Waals surface area contributed by atoms with E-state index >= 15 is 0 Å². The van der Waals surface area contributed by atoms with Crippen LogP contribution in [0.1, 0.15) is 49.9 Å². The highest BCUT2D eigenvalue weighted by Crippen LogP contribution is 2.26. The van der Waals surface area contributed by atoms with Gasteiger partial charge in [-0.3, -0.25) is 25.3 Å². The van der Waals surface area contributed by atoms with Crippen molar-refractivity contribution in [3.8, 4) is 11.3 Å². The van der Waals surface area contributed by atoms with Gasteiger partial charge >= 0.3 is 0 Å². The minimum Gasteiger partial charge on any atom is -0.297 e. The lowest BCUT2D eigenvalue weighted by Gasteiger charge is -2.38. The van der Waals surface area contributed by atoms with Crippen molar-refractivity contribution in [1.82, 2.24) is 20.7 Å². The predicted octanol–water partition coefficient (Wildman–Crippen LogP) is 4.97. The molecule has 2 amide bonds. The number of carbonyl (C=O) groups excluding carboxylic acids is 2. The van der Waals surface area contributed by atoms with E-state index in [9.17, 15) is 9.59 Å². The van der Waals surface area contributed by atoms with Gasteiger partial charge in [-0.25, -0.2) is 4.98 Å². The molecule has 172 valence electrons. The summed E-state index contributed by atoms with van der Waals surface area (Å²) in [7, 11) is 0. The molecule has 0 radical (unpaired) electrons. The molecular weight excluding hydrogens is 436 g/mol. The number of pyridine rings is 1. The van der Waals surface area contributed by atoms with E-state index in [4.69, 9.17) is 16.6 Å². The number of halogens is 1. The highest BCUT2D eigenvalue weighted by molar-refractivity contribution is 6.30. The molecule has 33 heavy (non-hydrogen) atoms. The number of hydrogen-bond acceptors (Lipinski definition) is 4. The molecule has 1 aliphatic rings. The molecule has 4 rings (SSSR count). The summed E-state index contributed by atoms with van der Waals surface area (Å²) in [6, 6.07) is 17.5. The maximum atomic E-state index is 13.0. The maximum absolute atomic E-state index is 13.0. The van der Waals surface area contributed by atoms with Crippen molar-refractivity contribution in [2.75, 3.05) is 6.54 Å². The summed E-state index contributed by atoms with van der Waals surface area (Å²) >= 11 is 6.01. The third-order valence-corrected chi connectivity index (χ3v) is 6.64. The molecule has 2 aromatic carbocycles. The molecule has 0 unspecified atom stereocenters. The fraction of sp³-hybridized carbons (Fsp3) is 0.346. The number of piperidine rings is 1. The summed E-state index contributed by atoms with van der Waals surface area (Å²) in [5, 5.41) is 1.35. The Morgan fingerprint density at radius 3 is 2.45 bits per heavy atom. The van der Waals surface area contributed by atoms with Gasteiger partial charge in [0, 0.05) is 41.0 Å². The fourth-order valence-corrected chi connectivity index (χ4v) is 4.66. The molecule has 0 saturated carbocycles. The Morgan fingerprint density at radius 2 is 1.73 bits per heavy atom. The van der Waals surface area contributed by atoms with E-state index in [2.05, 4.69) is 29.6 Å². The van der Waals surface area contributed by atoms with Gasteiger partial charge in [0.2, 0.25) is 5.91 Å². The number of benzene rings is 2. The maximum Gasteiger partial charge on any atom is 0.270 e. The van der Waals surface area contributed by atoms with Crippen molar-refractivity contribution < 1.29 is 9.59 Å². The van der Waals surface area contributed by atoms with Crippen LogP contribution in [0.5, 0.6) is 0 Å². The zero-order valence-corrected chi connectivity index (χ0v) is 19.7. The van der Waals surface area contributed by atoms with Gasteiger partial charge in [0.15, 0.2) is 0 Å². The van der Waals surface area contributed by atoms with Crippen LogP contribution < -0.4 is 10.9 Å². The van der Waals surface area contributed by atoms with Crippen molar-refractivity contribution in [1.29, 1.82) is 0 Å². The lowest BCUT2D eigenvalue weighted by Crippen LogP contribution is -2.47. The number of hydrazine groups is 1. The molecule has 2 heterocycles. The van der Waals surface area contributed by atoms with Crippen LogP contribution in [0.4, 0.5) is 0 Å². The van der Waals surface area contributed by atoms with E-state index in [-0.39, 0.29) is 11.8 Å². The van der Waals surface area contributed by atoms with Gasteiger partial charge in [-0.15, -0.1) is 0 Å². The quantitative estimate of drug-likeness (QED) is 0.523. The second kappa shape index (κ2) is 10.3. The molecule has 7 heteroatoms. The average Bonchev–Trinajstić information content (AvgIpc) is 2.82. The van der Waals surface area contributed by atoms with Gasteiger partial charge in [-0.1, -0.05) is 48.4 Å². The summed E-state index contributed by atoms with van der Waals surface area (Å²) in [6.07, 6.45) is 3.89. The molecule has 0 aliphatic carbocycles. The summed E-state index contributed by atoms with van der Waals surface area (Å²) in [4.78, 5) is 32.5. The van der Waals surface area contributed by atoms with E-state index in [1.165, 1.54) is 6.42 Å². The SMILES string of the molecule is C[C@H]1CCC[C@H](C)N1CCC(=O)NNC(=O)c1cc(-c2ccc(Cl)cc2)nc2ccccc12. The lowest BCUT2D eigenvalue weighted by atomic mass is 9.97. The van der Waals surface area contributed by atoms with Gasteiger partial charge in [0.25, 0.3) is 5.91 Å². The second-order valence-corrected chi connectivity index (χ2v) is 9.13. The number of likely N-dealkylation sites (tertiary alicyclic amines) is 1. The van der Waals surface area contributed by atoms with Crippen molar-refractivity contribution in [3.05, 3.63) is 65.2 Å². The molecule has 1 aliphatic heterocycles. The van der Waals surface area contributed by atoms with E-state index in [1.54, 1.807) is 18.2 Å². The van der Waals surface area contributed by atoms with Crippen LogP contribution in [0.2, 0.25) is 5.02 Å². The number of rotatable bonds is 5. The van der Waals surface area contributed by atoms with Crippen molar-refractivity contribution >= 4 is 34.3 Å². The Kier molecular flexibility index (Phi) is 7.26. The first-order chi connectivity index (χ1) is 15.9. The Hall–Kier alpha value is -2.96.